The fourth-order valence-corrected chi connectivity index (χ4v) is 2.53. The molecule has 0 aliphatic rings. The quantitative estimate of drug-likeness (QED) is 0.523. The Morgan fingerprint density at radius 3 is 2.19 bits per heavy atom. The third kappa shape index (κ3) is 6.83. The van der Waals surface area contributed by atoms with Crippen molar-refractivity contribution in [3.05, 3.63) is 24.0 Å². The average Bonchev–Trinajstić information content (AvgIpc) is 2.49. The molecule has 0 aliphatic carbocycles. The van der Waals surface area contributed by atoms with Gasteiger partial charge in [-0.15, -0.1) is 0 Å². The minimum Gasteiger partial charge on any atom is -0.497 e. The molecular formula is C18H30FNO. The fourth-order valence-electron chi connectivity index (χ4n) is 2.53. The van der Waals surface area contributed by atoms with E-state index < -0.39 is 0 Å². The first-order chi connectivity index (χ1) is 10.2. The van der Waals surface area contributed by atoms with Gasteiger partial charge in [0.15, 0.2) is 0 Å². The maximum atomic E-state index is 13.9. The summed E-state index contributed by atoms with van der Waals surface area (Å²) in [6.07, 6.45) is 9.53. The number of halogens is 1. The summed E-state index contributed by atoms with van der Waals surface area (Å²) in [5, 5.41) is 3.38. The zero-order chi connectivity index (χ0) is 15.5. The summed E-state index contributed by atoms with van der Waals surface area (Å²) in [6.45, 7) is 4.42. The SMILES string of the molecule is CCCCCC(CCCCC)Nc1cc(OC)ccc1F. The van der Waals surface area contributed by atoms with Crippen molar-refractivity contribution in [2.45, 2.75) is 71.3 Å². The van der Waals surface area contributed by atoms with Crippen LogP contribution in [0.2, 0.25) is 0 Å². The molecule has 0 atom stereocenters. The molecule has 21 heavy (non-hydrogen) atoms. The molecule has 120 valence electrons. The largest absolute Gasteiger partial charge is 0.497 e. The maximum absolute atomic E-state index is 13.9. The third-order valence-electron chi connectivity index (χ3n) is 3.85. The van der Waals surface area contributed by atoms with E-state index in [1.54, 1.807) is 19.2 Å². The van der Waals surface area contributed by atoms with E-state index in [1.807, 2.05) is 0 Å². The van der Waals surface area contributed by atoms with Gasteiger partial charge in [0.1, 0.15) is 11.6 Å². The van der Waals surface area contributed by atoms with Crippen LogP contribution in [0, 0.1) is 5.82 Å². The van der Waals surface area contributed by atoms with E-state index in [2.05, 4.69) is 19.2 Å². The molecular weight excluding hydrogens is 265 g/mol. The number of unbranched alkanes of at least 4 members (excludes halogenated alkanes) is 4. The minimum atomic E-state index is -0.202. The van der Waals surface area contributed by atoms with Crippen molar-refractivity contribution in [3.8, 4) is 5.75 Å². The molecule has 0 heterocycles. The minimum absolute atomic E-state index is 0.202. The van der Waals surface area contributed by atoms with Gasteiger partial charge in [0, 0.05) is 12.1 Å². The van der Waals surface area contributed by atoms with Gasteiger partial charge in [0.25, 0.3) is 0 Å². The van der Waals surface area contributed by atoms with Crippen LogP contribution in [-0.4, -0.2) is 13.2 Å². The molecule has 0 spiro atoms. The van der Waals surface area contributed by atoms with E-state index in [0.717, 1.165) is 12.8 Å². The van der Waals surface area contributed by atoms with Crippen LogP contribution in [0.5, 0.6) is 5.75 Å². The van der Waals surface area contributed by atoms with Crippen LogP contribution in [0.25, 0.3) is 0 Å². The first-order valence-corrected chi connectivity index (χ1v) is 8.31. The molecule has 0 saturated carbocycles. The molecule has 0 saturated heterocycles. The number of nitrogens with one attached hydrogen (secondary N) is 1. The van der Waals surface area contributed by atoms with Gasteiger partial charge in [0.2, 0.25) is 0 Å². The fraction of sp³-hybridized carbons (Fsp3) is 0.667. The monoisotopic (exact) mass is 295 g/mol. The summed E-state index contributed by atoms with van der Waals surface area (Å²) in [6, 6.07) is 5.23. The van der Waals surface area contributed by atoms with Crippen LogP contribution in [0.3, 0.4) is 0 Å². The number of hydrogen-bond donors (Lipinski definition) is 1. The van der Waals surface area contributed by atoms with Crippen LogP contribution >= 0.6 is 0 Å². The Kier molecular flexibility index (Phi) is 8.88. The van der Waals surface area contributed by atoms with Gasteiger partial charge < -0.3 is 10.1 Å². The lowest BCUT2D eigenvalue weighted by Gasteiger charge is -2.20. The van der Waals surface area contributed by atoms with Crippen molar-refractivity contribution in [1.82, 2.24) is 0 Å². The molecule has 2 nitrogen and oxygen atoms in total. The Bertz CT molecular complexity index is 385. The first-order valence-electron chi connectivity index (χ1n) is 8.31. The van der Waals surface area contributed by atoms with Gasteiger partial charge in [-0.05, 0) is 25.0 Å². The van der Waals surface area contributed by atoms with E-state index in [1.165, 1.54) is 44.6 Å². The lowest BCUT2D eigenvalue weighted by Crippen LogP contribution is -2.20. The lowest BCUT2D eigenvalue weighted by atomic mass is 10.0. The van der Waals surface area contributed by atoms with Crippen LogP contribution < -0.4 is 10.1 Å². The zero-order valence-electron chi connectivity index (χ0n) is 13.8. The Hall–Kier alpha value is -1.25. The van der Waals surface area contributed by atoms with Crippen molar-refractivity contribution >= 4 is 5.69 Å². The van der Waals surface area contributed by atoms with E-state index in [-0.39, 0.29) is 5.82 Å². The van der Waals surface area contributed by atoms with Crippen molar-refractivity contribution in [1.29, 1.82) is 0 Å². The van der Waals surface area contributed by atoms with Crippen LogP contribution in [-0.2, 0) is 0 Å². The van der Waals surface area contributed by atoms with Crippen LogP contribution in [0.1, 0.15) is 65.2 Å². The van der Waals surface area contributed by atoms with Gasteiger partial charge in [-0.25, -0.2) is 4.39 Å². The Labute approximate surface area is 129 Å². The van der Waals surface area contributed by atoms with Crippen molar-refractivity contribution in [3.63, 3.8) is 0 Å². The summed E-state index contributed by atoms with van der Waals surface area (Å²) in [7, 11) is 1.61. The number of anilines is 1. The highest BCUT2D eigenvalue weighted by atomic mass is 19.1. The lowest BCUT2D eigenvalue weighted by molar-refractivity contribution is 0.413. The molecule has 1 aromatic rings. The summed E-state index contributed by atoms with van der Waals surface area (Å²) >= 11 is 0. The topological polar surface area (TPSA) is 21.3 Å². The molecule has 0 fully saturated rings. The number of methoxy groups -OCH3 is 1. The molecule has 0 unspecified atom stereocenters. The normalized spacial score (nSPS) is 10.9. The number of ether oxygens (including phenoxy) is 1. The Morgan fingerprint density at radius 1 is 1.05 bits per heavy atom. The highest BCUT2D eigenvalue weighted by molar-refractivity contribution is 5.50. The van der Waals surface area contributed by atoms with Crippen molar-refractivity contribution in [2.24, 2.45) is 0 Å². The van der Waals surface area contributed by atoms with Gasteiger partial charge in [0.05, 0.1) is 12.8 Å². The molecule has 0 bridgehead atoms. The summed E-state index contributed by atoms with van der Waals surface area (Å²) < 4.78 is 19.1. The zero-order valence-corrected chi connectivity index (χ0v) is 13.8. The first kappa shape index (κ1) is 17.8. The number of rotatable bonds is 11. The molecule has 3 heteroatoms. The second-order valence-electron chi connectivity index (χ2n) is 5.68. The standard InChI is InChI=1S/C18H30FNO/c1-4-6-8-10-15(11-9-7-5-2)20-18-14-16(21-3)12-13-17(18)19/h12-15,20H,4-11H2,1-3H3. The summed E-state index contributed by atoms with van der Waals surface area (Å²) in [5.74, 6) is 0.492. The molecule has 1 aromatic carbocycles. The van der Waals surface area contributed by atoms with E-state index in [0.29, 0.717) is 17.5 Å². The Balaban J connectivity index is 2.64. The summed E-state index contributed by atoms with van der Waals surface area (Å²) in [4.78, 5) is 0. The number of benzene rings is 1. The van der Waals surface area contributed by atoms with Gasteiger partial charge in [-0.2, -0.15) is 0 Å². The van der Waals surface area contributed by atoms with Crippen molar-refractivity contribution < 1.29 is 9.13 Å². The highest BCUT2D eigenvalue weighted by Crippen LogP contribution is 2.24. The van der Waals surface area contributed by atoms with Crippen LogP contribution in [0.4, 0.5) is 10.1 Å². The van der Waals surface area contributed by atoms with Crippen LogP contribution in [0.15, 0.2) is 18.2 Å². The smallest absolute Gasteiger partial charge is 0.146 e. The molecule has 0 radical (unpaired) electrons. The Morgan fingerprint density at radius 2 is 1.67 bits per heavy atom. The van der Waals surface area contributed by atoms with E-state index >= 15 is 0 Å². The van der Waals surface area contributed by atoms with E-state index in [4.69, 9.17) is 4.74 Å². The van der Waals surface area contributed by atoms with Gasteiger partial charge in [-0.3, -0.25) is 0 Å². The van der Waals surface area contributed by atoms with E-state index in [9.17, 15) is 4.39 Å². The molecule has 0 aromatic heterocycles. The molecule has 0 aliphatic heterocycles. The maximum Gasteiger partial charge on any atom is 0.146 e. The second-order valence-corrected chi connectivity index (χ2v) is 5.68. The number of hydrogen-bond acceptors (Lipinski definition) is 2. The molecule has 0 amide bonds. The summed E-state index contributed by atoms with van der Waals surface area (Å²) in [5.41, 5.74) is 0.562. The predicted octanol–water partition coefficient (Wildman–Crippen LogP) is 5.78. The molecule has 1 N–H and O–H groups in total. The van der Waals surface area contributed by atoms with Gasteiger partial charge >= 0.3 is 0 Å². The van der Waals surface area contributed by atoms with Gasteiger partial charge in [-0.1, -0.05) is 52.4 Å². The highest BCUT2D eigenvalue weighted by Gasteiger charge is 2.11. The van der Waals surface area contributed by atoms with Crippen molar-refractivity contribution in [2.75, 3.05) is 12.4 Å². The predicted molar refractivity (Wildman–Crippen MR) is 88.6 cm³/mol. The average molecular weight is 295 g/mol. The third-order valence-corrected chi connectivity index (χ3v) is 3.85. The molecule has 1 rings (SSSR count). The second kappa shape index (κ2) is 10.5.